The normalized spacial score (nSPS) is 62.2. The fraction of sp³-hybridized carbons (Fsp3) is 1.00. The molecule has 0 amide bonds. The number of hydrogen-bond donors (Lipinski definition) is 2. The molecule has 2 fully saturated rings. The van der Waals surface area contributed by atoms with Gasteiger partial charge in [0.1, 0.15) is 0 Å². The van der Waals surface area contributed by atoms with Crippen molar-refractivity contribution in [3.05, 3.63) is 0 Å². The van der Waals surface area contributed by atoms with E-state index in [9.17, 15) is 10.2 Å². The van der Waals surface area contributed by atoms with Gasteiger partial charge in [0.25, 0.3) is 0 Å². The summed E-state index contributed by atoms with van der Waals surface area (Å²) in [6, 6.07) is 0. The summed E-state index contributed by atoms with van der Waals surface area (Å²) in [5.74, 6) is 0. The minimum Gasteiger partial charge on any atom is -0.393 e. The molecule has 11 heavy (non-hydrogen) atoms. The van der Waals surface area contributed by atoms with E-state index in [1.54, 1.807) is 0 Å². The molecule has 0 heterocycles. The molecule has 0 spiro atoms. The van der Waals surface area contributed by atoms with Crippen LogP contribution in [-0.2, 0) is 0 Å². The Balaban J connectivity index is 2.31. The Labute approximate surface area is 67.2 Å². The lowest BCUT2D eigenvalue weighted by atomic mass is 9.80. The van der Waals surface area contributed by atoms with Crippen LogP contribution in [0.15, 0.2) is 0 Å². The van der Waals surface area contributed by atoms with Gasteiger partial charge in [-0.25, -0.2) is 0 Å². The lowest BCUT2D eigenvalue weighted by molar-refractivity contribution is -0.0203. The van der Waals surface area contributed by atoms with Gasteiger partial charge in [-0.2, -0.15) is 0 Å². The van der Waals surface area contributed by atoms with E-state index in [0.29, 0.717) is 0 Å². The van der Waals surface area contributed by atoms with Crippen molar-refractivity contribution >= 4 is 0 Å². The zero-order valence-electron chi connectivity index (χ0n) is 7.17. The van der Waals surface area contributed by atoms with Crippen LogP contribution in [0.1, 0.15) is 33.1 Å². The molecule has 2 heteroatoms. The van der Waals surface area contributed by atoms with Gasteiger partial charge in [-0.05, 0) is 30.1 Å². The molecule has 2 N–H and O–H groups in total. The smallest absolute Gasteiger partial charge is 0.0601 e. The first-order valence-electron chi connectivity index (χ1n) is 4.32. The Morgan fingerprint density at radius 3 is 1.55 bits per heavy atom. The third-order valence-electron chi connectivity index (χ3n) is 3.74. The molecule has 64 valence electrons. The van der Waals surface area contributed by atoms with Crippen LogP contribution in [0.2, 0.25) is 0 Å². The van der Waals surface area contributed by atoms with E-state index >= 15 is 0 Å². The maximum absolute atomic E-state index is 9.65. The molecule has 0 radical (unpaired) electrons. The van der Waals surface area contributed by atoms with Gasteiger partial charge in [0, 0.05) is 0 Å². The topological polar surface area (TPSA) is 40.5 Å². The Hall–Kier alpha value is -0.0800. The van der Waals surface area contributed by atoms with Gasteiger partial charge in [0.2, 0.25) is 0 Å². The van der Waals surface area contributed by atoms with Gasteiger partial charge < -0.3 is 10.2 Å². The lowest BCUT2D eigenvalue weighted by Crippen LogP contribution is -2.35. The molecule has 2 saturated carbocycles. The van der Waals surface area contributed by atoms with Gasteiger partial charge in [-0.1, -0.05) is 13.8 Å². The SMILES string of the molecule is C[C@]12C[C@H](O)[C@](C)(C[C@@H]1O)C2. The van der Waals surface area contributed by atoms with Gasteiger partial charge in [0.05, 0.1) is 12.2 Å². The van der Waals surface area contributed by atoms with Crippen molar-refractivity contribution in [2.75, 3.05) is 0 Å². The second kappa shape index (κ2) is 1.80. The van der Waals surface area contributed by atoms with Crippen LogP contribution in [0, 0.1) is 10.8 Å². The molecule has 0 unspecified atom stereocenters. The summed E-state index contributed by atoms with van der Waals surface area (Å²) in [5.41, 5.74) is 0.0162. The zero-order valence-corrected chi connectivity index (χ0v) is 7.17. The summed E-state index contributed by atoms with van der Waals surface area (Å²) in [5, 5.41) is 19.3. The van der Waals surface area contributed by atoms with Crippen molar-refractivity contribution in [2.24, 2.45) is 10.8 Å². The molecule has 0 aliphatic heterocycles. The maximum Gasteiger partial charge on any atom is 0.0601 e. The third-order valence-corrected chi connectivity index (χ3v) is 3.74. The van der Waals surface area contributed by atoms with E-state index in [0.717, 1.165) is 19.3 Å². The maximum atomic E-state index is 9.65. The molecular formula is C9H16O2. The van der Waals surface area contributed by atoms with Gasteiger partial charge in [-0.15, -0.1) is 0 Å². The first-order chi connectivity index (χ1) is 4.96. The number of rotatable bonds is 0. The summed E-state index contributed by atoms with van der Waals surface area (Å²) < 4.78 is 0. The van der Waals surface area contributed by atoms with Crippen molar-refractivity contribution in [3.8, 4) is 0 Å². The van der Waals surface area contributed by atoms with Gasteiger partial charge >= 0.3 is 0 Å². The number of aliphatic hydroxyl groups is 2. The fourth-order valence-corrected chi connectivity index (χ4v) is 2.95. The number of hydrogen-bond acceptors (Lipinski definition) is 2. The molecule has 0 saturated heterocycles. The molecule has 0 aromatic heterocycles. The summed E-state index contributed by atoms with van der Waals surface area (Å²) >= 11 is 0. The van der Waals surface area contributed by atoms with E-state index in [4.69, 9.17) is 0 Å². The molecule has 0 aromatic carbocycles. The quantitative estimate of drug-likeness (QED) is 0.547. The first-order valence-corrected chi connectivity index (χ1v) is 4.32. The fourth-order valence-electron chi connectivity index (χ4n) is 2.95. The van der Waals surface area contributed by atoms with Crippen LogP contribution in [0.5, 0.6) is 0 Å². The van der Waals surface area contributed by atoms with E-state index in [1.165, 1.54) is 0 Å². The Morgan fingerprint density at radius 1 is 1.00 bits per heavy atom. The standard InChI is InChI=1S/C9H16O2/c1-8-3-7(11)9(2,5-8)4-6(8)10/h6-7,10-11H,3-5H2,1-2H3/t6-,7-,8+,9+/m0/s1. The Kier molecular flexibility index (Phi) is 1.24. The summed E-state index contributed by atoms with van der Waals surface area (Å²) in [6.45, 7) is 4.16. The largest absolute Gasteiger partial charge is 0.393 e. The highest BCUT2D eigenvalue weighted by molar-refractivity contribution is 5.09. The first kappa shape index (κ1) is 7.56. The summed E-state index contributed by atoms with van der Waals surface area (Å²) in [6.07, 6.45) is 2.18. The van der Waals surface area contributed by atoms with Gasteiger partial charge in [0.15, 0.2) is 0 Å². The minimum absolute atomic E-state index is 0.00810. The Bertz CT molecular complexity index is 172. The predicted molar refractivity (Wildman–Crippen MR) is 42.1 cm³/mol. The minimum atomic E-state index is -0.184. The van der Waals surface area contributed by atoms with Crippen molar-refractivity contribution in [1.29, 1.82) is 0 Å². The number of fused-ring (bicyclic) bond motifs is 2. The molecule has 2 nitrogen and oxygen atoms in total. The monoisotopic (exact) mass is 156 g/mol. The van der Waals surface area contributed by atoms with Crippen molar-refractivity contribution in [2.45, 2.75) is 45.3 Å². The third kappa shape index (κ3) is 0.798. The van der Waals surface area contributed by atoms with Gasteiger partial charge in [-0.3, -0.25) is 0 Å². The van der Waals surface area contributed by atoms with E-state index < -0.39 is 0 Å². The van der Waals surface area contributed by atoms with E-state index in [-0.39, 0.29) is 23.0 Å². The van der Waals surface area contributed by atoms with Crippen LogP contribution < -0.4 is 0 Å². The van der Waals surface area contributed by atoms with Crippen LogP contribution in [0.3, 0.4) is 0 Å². The van der Waals surface area contributed by atoms with Crippen LogP contribution in [0.4, 0.5) is 0 Å². The molecule has 2 bridgehead atoms. The summed E-state index contributed by atoms with van der Waals surface area (Å²) in [7, 11) is 0. The Morgan fingerprint density at radius 2 is 1.36 bits per heavy atom. The average Bonchev–Trinajstić information content (AvgIpc) is 2.15. The van der Waals surface area contributed by atoms with Crippen LogP contribution in [0.25, 0.3) is 0 Å². The summed E-state index contributed by atoms with van der Waals surface area (Å²) in [4.78, 5) is 0. The van der Waals surface area contributed by atoms with Crippen molar-refractivity contribution in [1.82, 2.24) is 0 Å². The van der Waals surface area contributed by atoms with Crippen LogP contribution in [-0.4, -0.2) is 22.4 Å². The molecule has 2 aliphatic rings. The second-order valence-electron chi connectivity index (χ2n) is 4.92. The van der Waals surface area contributed by atoms with Crippen LogP contribution >= 0.6 is 0 Å². The molecular weight excluding hydrogens is 140 g/mol. The second-order valence-corrected chi connectivity index (χ2v) is 4.92. The van der Waals surface area contributed by atoms with E-state index in [2.05, 4.69) is 13.8 Å². The highest BCUT2D eigenvalue weighted by atomic mass is 16.3. The predicted octanol–water partition coefficient (Wildman–Crippen LogP) is 0.918. The molecule has 4 atom stereocenters. The molecule has 2 aliphatic carbocycles. The van der Waals surface area contributed by atoms with Crippen molar-refractivity contribution < 1.29 is 10.2 Å². The molecule has 0 aromatic rings. The van der Waals surface area contributed by atoms with E-state index in [1.807, 2.05) is 0 Å². The zero-order chi connectivity index (χ0) is 8.28. The lowest BCUT2D eigenvalue weighted by Gasteiger charge is -2.32. The highest BCUT2D eigenvalue weighted by Gasteiger charge is 2.59. The highest BCUT2D eigenvalue weighted by Crippen LogP contribution is 2.60. The van der Waals surface area contributed by atoms with Crippen molar-refractivity contribution in [3.63, 3.8) is 0 Å². The average molecular weight is 156 g/mol. The number of aliphatic hydroxyl groups excluding tert-OH is 2. The molecule has 2 rings (SSSR count).